The Bertz CT molecular complexity index is 759. The average Bonchev–Trinajstić information content (AvgIpc) is 3.10. The van der Waals surface area contributed by atoms with E-state index < -0.39 is 0 Å². The van der Waals surface area contributed by atoms with Crippen LogP contribution in [0.5, 0.6) is 0 Å². The monoisotopic (exact) mass is 364 g/mol. The second kappa shape index (κ2) is 7.57. The van der Waals surface area contributed by atoms with E-state index in [1.165, 1.54) is 30.3 Å². The zero-order chi connectivity index (χ0) is 15.4. The fraction of sp³-hybridized carbons (Fsp3) is 0.125. The summed E-state index contributed by atoms with van der Waals surface area (Å²) < 4.78 is 2.61. The molecule has 2 unspecified atom stereocenters. The summed E-state index contributed by atoms with van der Waals surface area (Å²) in [7, 11) is 0.718. The van der Waals surface area contributed by atoms with Crippen LogP contribution in [0.2, 0.25) is 0 Å². The number of hydrogen-bond donors (Lipinski definition) is 0. The summed E-state index contributed by atoms with van der Waals surface area (Å²) in [5, 5.41) is 0. The van der Waals surface area contributed by atoms with Crippen LogP contribution in [-0.2, 0) is 21.9 Å². The van der Waals surface area contributed by atoms with Gasteiger partial charge in [0.25, 0.3) is 0 Å². The molecule has 0 spiro atoms. The first kappa shape index (κ1) is 16.0. The maximum atomic E-state index is 10.5. The molecule has 6 heteroatoms. The summed E-state index contributed by atoms with van der Waals surface area (Å²) >= 11 is 3.59. The van der Waals surface area contributed by atoms with Crippen molar-refractivity contribution in [3.05, 3.63) is 46.8 Å². The molecule has 0 aliphatic rings. The van der Waals surface area contributed by atoms with Crippen LogP contribution < -0.4 is 0 Å². The minimum absolute atomic E-state index is 0.350. The van der Waals surface area contributed by atoms with E-state index in [-0.39, 0.29) is 0 Å². The fourth-order valence-electron chi connectivity index (χ4n) is 2.20. The number of carbonyl (C=O) groups is 2. The van der Waals surface area contributed by atoms with Crippen LogP contribution >= 0.6 is 39.8 Å². The Labute approximate surface area is 140 Å². The number of benzene rings is 1. The lowest BCUT2D eigenvalue weighted by Crippen LogP contribution is -1.79. The van der Waals surface area contributed by atoms with Gasteiger partial charge in [-0.25, -0.2) is 0 Å². The topological polar surface area (TPSA) is 34.1 Å². The van der Waals surface area contributed by atoms with Crippen LogP contribution in [0.3, 0.4) is 0 Å². The lowest BCUT2D eigenvalue weighted by atomic mass is 10.1. The highest BCUT2D eigenvalue weighted by Gasteiger charge is 2.08. The number of thiophene rings is 2. The number of hydrogen-bond acceptors (Lipinski definition) is 4. The van der Waals surface area contributed by atoms with Crippen LogP contribution in [0.1, 0.15) is 10.4 Å². The summed E-state index contributed by atoms with van der Waals surface area (Å²) in [6.07, 6.45) is 1.71. The van der Waals surface area contributed by atoms with Gasteiger partial charge in [0.05, 0.1) is 0 Å². The van der Waals surface area contributed by atoms with E-state index in [2.05, 4.69) is 36.4 Å². The molecule has 0 aliphatic heterocycles. The van der Waals surface area contributed by atoms with Crippen molar-refractivity contribution in [1.82, 2.24) is 0 Å². The van der Waals surface area contributed by atoms with Crippen molar-refractivity contribution in [1.29, 1.82) is 0 Å². The van der Waals surface area contributed by atoms with E-state index in [9.17, 15) is 9.59 Å². The molecule has 0 N–H and O–H groups in total. The van der Waals surface area contributed by atoms with Crippen molar-refractivity contribution >= 4 is 61.3 Å². The Morgan fingerprint density at radius 2 is 1.55 bits per heavy atom. The van der Waals surface area contributed by atoms with Gasteiger partial charge < -0.3 is 0 Å². The van der Waals surface area contributed by atoms with Crippen LogP contribution in [0.25, 0.3) is 19.8 Å². The van der Waals surface area contributed by atoms with Gasteiger partial charge in [-0.1, -0.05) is 24.3 Å². The summed E-state index contributed by atoms with van der Waals surface area (Å²) in [4.78, 5) is 23.5. The van der Waals surface area contributed by atoms with Gasteiger partial charge in [0, 0.05) is 25.3 Å². The van der Waals surface area contributed by atoms with Gasteiger partial charge in [-0.3, -0.25) is 9.59 Å². The van der Waals surface area contributed by atoms with Crippen molar-refractivity contribution in [2.24, 2.45) is 0 Å². The first-order valence-electron chi connectivity index (χ1n) is 6.76. The molecule has 0 saturated carbocycles. The minimum atomic E-state index is 0.350. The highest BCUT2D eigenvalue weighted by molar-refractivity contribution is 7.54. The number of carbonyl (C=O) groups excluding carboxylic acids is 2. The van der Waals surface area contributed by atoms with Gasteiger partial charge in [0.2, 0.25) is 0 Å². The van der Waals surface area contributed by atoms with Crippen molar-refractivity contribution in [2.75, 3.05) is 0 Å². The highest BCUT2D eigenvalue weighted by Crippen LogP contribution is 2.39. The molecule has 0 fully saturated rings. The molecule has 0 aliphatic carbocycles. The summed E-state index contributed by atoms with van der Waals surface area (Å²) in [5.41, 5.74) is 2.44. The van der Waals surface area contributed by atoms with Gasteiger partial charge in [0.1, 0.15) is 12.1 Å². The molecule has 3 rings (SSSR count). The summed E-state index contributed by atoms with van der Waals surface area (Å²) in [6, 6.07) is 14.9. The van der Waals surface area contributed by atoms with Gasteiger partial charge in [0.15, 0.2) is 0 Å². The van der Waals surface area contributed by atoms with E-state index in [4.69, 9.17) is 0 Å². The lowest BCUT2D eigenvalue weighted by Gasteiger charge is -2.00. The number of rotatable bonds is 7. The molecule has 112 valence electrons. The summed E-state index contributed by atoms with van der Waals surface area (Å²) in [6.45, 7) is 0. The first-order valence-corrected chi connectivity index (χ1v) is 11.0. The molecular formula is C16H14O2P2S2. The smallest absolute Gasteiger partial charge is 0.139 e. The predicted octanol–water partition coefficient (Wildman–Crippen LogP) is 5.37. The van der Waals surface area contributed by atoms with Gasteiger partial charge in [-0.2, -0.15) is 0 Å². The Morgan fingerprint density at radius 3 is 2.23 bits per heavy atom. The molecule has 2 nitrogen and oxygen atoms in total. The van der Waals surface area contributed by atoms with Crippen LogP contribution in [0.15, 0.2) is 36.4 Å². The van der Waals surface area contributed by atoms with Crippen molar-refractivity contribution < 1.29 is 9.59 Å². The second-order valence-electron chi connectivity index (χ2n) is 4.75. The molecule has 0 bridgehead atoms. The standard InChI is InChI=1S/C16H14O2P2S2/c17-9-19-7-11-1-3-12(4-2-11)14-6-16-15(22-14)5-13(21-16)8-20-10-18/h1-6,9-10,19-20H,7-8H2. The zero-order valence-electron chi connectivity index (χ0n) is 11.7. The van der Waals surface area contributed by atoms with E-state index in [1.807, 2.05) is 0 Å². The van der Waals surface area contributed by atoms with Crippen molar-refractivity contribution in [2.45, 2.75) is 12.3 Å². The second-order valence-corrected chi connectivity index (χ2v) is 8.99. The van der Waals surface area contributed by atoms with Crippen LogP contribution in [0.4, 0.5) is 0 Å². The molecule has 22 heavy (non-hydrogen) atoms. The maximum absolute atomic E-state index is 10.5. The minimum Gasteiger partial charge on any atom is -0.299 e. The molecule has 0 saturated heterocycles. The van der Waals surface area contributed by atoms with Crippen LogP contribution in [-0.4, -0.2) is 12.1 Å². The van der Waals surface area contributed by atoms with E-state index in [0.717, 1.165) is 24.4 Å². The third-order valence-corrected chi connectivity index (χ3v) is 7.38. The van der Waals surface area contributed by atoms with E-state index in [0.29, 0.717) is 17.2 Å². The van der Waals surface area contributed by atoms with Crippen LogP contribution in [0, 0.1) is 0 Å². The summed E-state index contributed by atoms with van der Waals surface area (Å²) in [5.74, 6) is 0. The van der Waals surface area contributed by atoms with Gasteiger partial charge in [-0.15, -0.1) is 22.7 Å². The van der Waals surface area contributed by atoms with E-state index in [1.54, 1.807) is 22.7 Å². The normalized spacial score (nSPS) is 12.0. The molecule has 0 radical (unpaired) electrons. The molecule has 0 amide bonds. The SMILES string of the molecule is O=CPCc1ccc(-c2cc3sc(CPC=O)cc3s2)cc1. The largest absolute Gasteiger partial charge is 0.299 e. The molecular weight excluding hydrogens is 350 g/mol. The zero-order valence-corrected chi connectivity index (χ0v) is 15.3. The number of fused-ring (bicyclic) bond motifs is 1. The average molecular weight is 364 g/mol. The molecule has 2 heterocycles. The van der Waals surface area contributed by atoms with Gasteiger partial charge in [-0.05, 0) is 46.6 Å². The van der Waals surface area contributed by atoms with Crippen molar-refractivity contribution in [3.63, 3.8) is 0 Å². The lowest BCUT2D eigenvalue weighted by molar-refractivity contribution is 0.569. The maximum Gasteiger partial charge on any atom is 0.139 e. The Morgan fingerprint density at radius 1 is 0.864 bits per heavy atom. The quantitative estimate of drug-likeness (QED) is 0.417. The molecule has 2 atom stereocenters. The molecule has 3 aromatic rings. The molecule has 2 aromatic heterocycles. The Hall–Kier alpha value is -0.920. The highest BCUT2D eigenvalue weighted by atomic mass is 32.1. The third kappa shape index (κ3) is 3.70. The fourth-order valence-corrected chi connectivity index (χ4v) is 5.91. The first-order chi connectivity index (χ1) is 10.8. The van der Waals surface area contributed by atoms with Crippen molar-refractivity contribution in [3.8, 4) is 10.4 Å². The Kier molecular flexibility index (Phi) is 5.49. The predicted molar refractivity (Wildman–Crippen MR) is 103 cm³/mol. The van der Waals surface area contributed by atoms with Gasteiger partial charge >= 0.3 is 0 Å². The molecule has 1 aromatic carbocycles. The third-order valence-electron chi connectivity index (χ3n) is 3.25. The Balaban J connectivity index is 1.79. The van der Waals surface area contributed by atoms with E-state index >= 15 is 0 Å².